The zero-order valence-corrected chi connectivity index (χ0v) is 12.5. The summed E-state index contributed by atoms with van der Waals surface area (Å²) >= 11 is 0. The fourth-order valence-electron chi connectivity index (χ4n) is 1.81. The molecule has 0 aromatic carbocycles. The molecule has 0 spiro atoms. The molecule has 3 nitrogen and oxygen atoms in total. The van der Waals surface area contributed by atoms with Crippen LogP contribution in [0.25, 0.3) is 0 Å². The minimum atomic E-state index is 0.636. The molecule has 0 fully saturated rings. The second kappa shape index (κ2) is 8.94. The first-order valence-corrected chi connectivity index (χ1v) is 7.11. The zero-order chi connectivity index (χ0) is 14.1. The SMILES string of the molecule is C=CCCCOCc1cc(CNCC(C)C)oc1C. The highest BCUT2D eigenvalue weighted by molar-refractivity contribution is 5.19. The van der Waals surface area contributed by atoms with E-state index < -0.39 is 0 Å². The standard InChI is InChI=1S/C16H27NO2/c1-5-6-7-8-18-12-15-9-16(19-14(15)4)11-17-10-13(2)3/h5,9,13,17H,1,6-8,10-12H2,2-4H3. The van der Waals surface area contributed by atoms with Crippen LogP contribution in [0.5, 0.6) is 0 Å². The van der Waals surface area contributed by atoms with Gasteiger partial charge in [0.1, 0.15) is 11.5 Å². The van der Waals surface area contributed by atoms with Gasteiger partial charge in [-0.15, -0.1) is 6.58 Å². The third kappa shape index (κ3) is 6.60. The van der Waals surface area contributed by atoms with Crippen molar-refractivity contribution in [2.45, 2.75) is 46.8 Å². The predicted molar refractivity (Wildman–Crippen MR) is 79.1 cm³/mol. The maximum atomic E-state index is 5.72. The normalized spacial score (nSPS) is 11.2. The van der Waals surface area contributed by atoms with E-state index in [9.17, 15) is 0 Å². The molecule has 108 valence electrons. The highest BCUT2D eigenvalue weighted by atomic mass is 16.5. The van der Waals surface area contributed by atoms with Gasteiger partial charge in [-0.25, -0.2) is 0 Å². The molecule has 0 atom stereocenters. The Kier molecular flexibility index (Phi) is 7.53. The molecule has 0 aliphatic rings. The number of allylic oxidation sites excluding steroid dienone is 1. The molecule has 1 rings (SSSR count). The molecule has 0 saturated carbocycles. The number of nitrogens with one attached hydrogen (secondary N) is 1. The number of hydrogen-bond acceptors (Lipinski definition) is 3. The Labute approximate surface area is 117 Å². The first-order chi connectivity index (χ1) is 9.13. The van der Waals surface area contributed by atoms with Crippen LogP contribution in [0.4, 0.5) is 0 Å². The molecule has 0 unspecified atom stereocenters. The van der Waals surface area contributed by atoms with E-state index in [1.807, 2.05) is 13.0 Å². The zero-order valence-electron chi connectivity index (χ0n) is 12.5. The molecule has 0 aliphatic carbocycles. The molecule has 0 saturated heterocycles. The molecule has 1 aromatic rings. The Balaban J connectivity index is 2.30. The molecule has 3 heteroatoms. The summed E-state index contributed by atoms with van der Waals surface area (Å²) in [5.74, 6) is 2.61. The molecule has 0 aliphatic heterocycles. The van der Waals surface area contributed by atoms with Crippen molar-refractivity contribution in [2.24, 2.45) is 5.92 Å². The van der Waals surface area contributed by atoms with Gasteiger partial charge in [-0.1, -0.05) is 19.9 Å². The van der Waals surface area contributed by atoms with Crippen molar-refractivity contribution in [3.8, 4) is 0 Å². The van der Waals surface area contributed by atoms with Gasteiger partial charge in [-0.3, -0.25) is 0 Å². The quantitative estimate of drug-likeness (QED) is 0.516. The van der Waals surface area contributed by atoms with Gasteiger partial charge < -0.3 is 14.5 Å². The smallest absolute Gasteiger partial charge is 0.118 e. The molecule has 1 heterocycles. The minimum Gasteiger partial charge on any atom is -0.465 e. The maximum Gasteiger partial charge on any atom is 0.118 e. The van der Waals surface area contributed by atoms with E-state index in [1.165, 1.54) is 0 Å². The Hall–Kier alpha value is -1.06. The molecule has 0 bridgehead atoms. The Morgan fingerprint density at radius 1 is 1.47 bits per heavy atom. The molecule has 0 radical (unpaired) electrons. The second-order valence-electron chi connectivity index (χ2n) is 5.30. The number of hydrogen-bond donors (Lipinski definition) is 1. The number of furan rings is 1. The van der Waals surface area contributed by atoms with E-state index >= 15 is 0 Å². The lowest BCUT2D eigenvalue weighted by molar-refractivity contribution is 0.118. The minimum absolute atomic E-state index is 0.636. The van der Waals surface area contributed by atoms with Gasteiger partial charge in [0.25, 0.3) is 0 Å². The summed E-state index contributed by atoms with van der Waals surface area (Å²) in [6.45, 7) is 13.3. The lowest BCUT2D eigenvalue weighted by atomic mass is 10.2. The lowest BCUT2D eigenvalue weighted by Gasteiger charge is -2.04. The summed E-state index contributed by atoms with van der Waals surface area (Å²) < 4.78 is 11.3. The summed E-state index contributed by atoms with van der Waals surface area (Å²) in [5.41, 5.74) is 1.15. The average molecular weight is 265 g/mol. The van der Waals surface area contributed by atoms with Gasteiger partial charge in [-0.2, -0.15) is 0 Å². The van der Waals surface area contributed by atoms with E-state index in [2.05, 4.69) is 31.8 Å². The van der Waals surface area contributed by atoms with Crippen LogP contribution in [0.15, 0.2) is 23.1 Å². The van der Waals surface area contributed by atoms with E-state index in [0.717, 1.165) is 49.6 Å². The first kappa shape index (κ1) is 16.0. The summed E-state index contributed by atoms with van der Waals surface area (Å²) in [4.78, 5) is 0. The van der Waals surface area contributed by atoms with E-state index in [4.69, 9.17) is 9.15 Å². The highest BCUT2D eigenvalue weighted by Gasteiger charge is 2.07. The monoisotopic (exact) mass is 265 g/mol. The van der Waals surface area contributed by atoms with E-state index in [1.54, 1.807) is 0 Å². The Bertz CT molecular complexity index is 369. The third-order valence-corrected chi connectivity index (χ3v) is 2.88. The maximum absolute atomic E-state index is 5.72. The first-order valence-electron chi connectivity index (χ1n) is 7.11. The predicted octanol–water partition coefficient (Wildman–Crippen LogP) is 3.82. The molecule has 0 amide bonds. The number of aryl methyl sites for hydroxylation is 1. The van der Waals surface area contributed by atoms with Gasteiger partial charge in [0.15, 0.2) is 0 Å². The Morgan fingerprint density at radius 2 is 2.26 bits per heavy atom. The highest BCUT2D eigenvalue weighted by Crippen LogP contribution is 2.15. The van der Waals surface area contributed by atoms with Crippen molar-refractivity contribution < 1.29 is 9.15 Å². The number of ether oxygens (including phenoxy) is 1. The summed E-state index contributed by atoms with van der Waals surface area (Å²) in [7, 11) is 0. The fourth-order valence-corrected chi connectivity index (χ4v) is 1.81. The molecular weight excluding hydrogens is 238 g/mol. The third-order valence-electron chi connectivity index (χ3n) is 2.88. The van der Waals surface area contributed by atoms with Crippen LogP contribution in [-0.2, 0) is 17.9 Å². The van der Waals surface area contributed by atoms with Crippen LogP contribution < -0.4 is 5.32 Å². The lowest BCUT2D eigenvalue weighted by Crippen LogP contribution is -2.18. The van der Waals surface area contributed by atoms with Gasteiger partial charge in [0.2, 0.25) is 0 Å². The molecule has 1 N–H and O–H groups in total. The van der Waals surface area contributed by atoms with Crippen molar-refractivity contribution in [2.75, 3.05) is 13.2 Å². The van der Waals surface area contributed by atoms with Gasteiger partial charge in [0.05, 0.1) is 13.2 Å². The van der Waals surface area contributed by atoms with Crippen LogP contribution in [0.3, 0.4) is 0 Å². The van der Waals surface area contributed by atoms with E-state index in [0.29, 0.717) is 12.5 Å². The fraction of sp³-hybridized carbons (Fsp3) is 0.625. The van der Waals surface area contributed by atoms with Crippen LogP contribution in [0.2, 0.25) is 0 Å². The summed E-state index contributed by atoms with van der Waals surface area (Å²) in [6.07, 6.45) is 3.96. The van der Waals surface area contributed by atoms with Gasteiger partial charge in [0, 0.05) is 12.2 Å². The summed E-state index contributed by atoms with van der Waals surface area (Å²) in [5, 5.41) is 3.38. The number of unbranched alkanes of at least 4 members (excludes halogenated alkanes) is 1. The van der Waals surface area contributed by atoms with Crippen LogP contribution in [-0.4, -0.2) is 13.2 Å². The van der Waals surface area contributed by atoms with Crippen molar-refractivity contribution in [3.63, 3.8) is 0 Å². The van der Waals surface area contributed by atoms with Gasteiger partial charge >= 0.3 is 0 Å². The summed E-state index contributed by atoms with van der Waals surface area (Å²) in [6, 6.07) is 2.09. The van der Waals surface area contributed by atoms with Crippen LogP contribution >= 0.6 is 0 Å². The largest absolute Gasteiger partial charge is 0.465 e. The number of rotatable bonds is 10. The van der Waals surface area contributed by atoms with Crippen molar-refractivity contribution in [1.29, 1.82) is 0 Å². The van der Waals surface area contributed by atoms with Gasteiger partial charge in [-0.05, 0) is 38.3 Å². The van der Waals surface area contributed by atoms with Crippen molar-refractivity contribution in [1.82, 2.24) is 5.32 Å². The topological polar surface area (TPSA) is 34.4 Å². The second-order valence-corrected chi connectivity index (χ2v) is 5.30. The Morgan fingerprint density at radius 3 is 2.95 bits per heavy atom. The van der Waals surface area contributed by atoms with E-state index in [-0.39, 0.29) is 0 Å². The molecule has 19 heavy (non-hydrogen) atoms. The molecular formula is C16H27NO2. The van der Waals surface area contributed by atoms with Crippen LogP contribution in [0.1, 0.15) is 43.8 Å². The average Bonchev–Trinajstić information content (AvgIpc) is 2.69. The van der Waals surface area contributed by atoms with Crippen LogP contribution in [0, 0.1) is 12.8 Å². The molecule has 1 aromatic heterocycles. The van der Waals surface area contributed by atoms with Crippen molar-refractivity contribution >= 4 is 0 Å². The van der Waals surface area contributed by atoms with Crippen molar-refractivity contribution in [3.05, 3.63) is 35.8 Å².